The van der Waals surface area contributed by atoms with Gasteiger partial charge < -0.3 is 15.5 Å². The van der Waals surface area contributed by atoms with E-state index in [1.807, 2.05) is 6.92 Å². The van der Waals surface area contributed by atoms with Gasteiger partial charge in [0.25, 0.3) is 0 Å². The Bertz CT molecular complexity index is 893. The summed E-state index contributed by atoms with van der Waals surface area (Å²) in [7, 11) is 2.11. The molecule has 1 atom stereocenters. The first-order valence-corrected chi connectivity index (χ1v) is 10.6. The van der Waals surface area contributed by atoms with E-state index in [0.717, 1.165) is 37.3 Å². The number of nitrogens with one attached hydrogen (secondary N) is 2. The van der Waals surface area contributed by atoms with Crippen LogP contribution < -0.4 is 10.6 Å². The first kappa shape index (κ1) is 22.3. The van der Waals surface area contributed by atoms with E-state index < -0.39 is 11.8 Å². The van der Waals surface area contributed by atoms with Gasteiger partial charge in [-0.25, -0.2) is 0 Å². The smallest absolute Gasteiger partial charge is 0.313 e. The summed E-state index contributed by atoms with van der Waals surface area (Å²) in [6.45, 7) is 8.09. The molecule has 7 heteroatoms. The van der Waals surface area contributed by atoms with E-state index in [-0.39, 0.29) is 6.04 Å². The number of benzene rings is 2. The molecule has 2 amide bonds. The number of nitrogens with zero attached hydrogens (tertiary/aromatic N) is 2. The summed E-state index contributed by atoms with van der Waals surface area (Å²) in [6.07, 6.45) is 0. The SMILES string of the molecule is Cc1ccc([C@@H](CNC(=O)C(=O)Nc2ccc(C)c(Cl)c2)N2CCN(C)CC2)cc1. The van der Waals surface area contributed by atoms with E-state index in [2.05, 4.69) is 58.7 Å². The molecule has 2 N–H and O–H groups in total. The molecule has 30 heavy (non-hydrogen) atoms. The van der Waals surface area contributed by atoms with Crippen LogP contribution in [0.15, 0.2) is 42.5 Å². The zero-order valence-corrected chi connectivity index (χ0v) is 18.5. The van der Waals surface area contributed by atoms with E-state index in [4.69, 9.17) is 11.6 Å². The number of rotatable bonds is 5. The largest absolute Gasteiger partial charge is 0.346 e. The highest BCUT2D eigenvalue weighted by Crippen LogP contribution is 2.22. The van der Waals surface area contributed by atoms with Crippen LogP contribution in [0.5, 0.6) is 0 Å². The van der Waals surface area contributed by atoms with E-state index in [0.29, 0.717) is 17.3 Å². The summed E-state index contributed by atoms with van der Waals surface area (Å²) in [5.74, 6) is -1.35. The van der Waals surface area contributed by atoms with Crippen LogP contribution in [0.25, 0.3) is 0 Å². The number of amides is 2. The molecule has 3 rings (SSSR count). The summed E-state index contributed by atoms with van der Waals surface area (Å²) in [4.78, 5) is 29.4. The van der Waals surface area contributed by atoms with Gasteiger partial charge in [-0.2, -0.15) is 0 Å². The minimum atomic E-state index is -0.698. The molecular weight excluding hydrogens is 400 g/mol. The number of aryl methyl sites for hydroxylation is 2. The standard InChI is InChI=1S/C23H29ClN4O2/c1-16-4-7-18(8-5-16)21(28-12-10-27(3)11-13-28)15-25-22(29)23(30)26-19-9-6-17(2)20(24)14-19/h4-9,14,21H,10-13,15H2,1-3H3,(H,25,29)(H,26,30)/t21-/m1/s1. The fraction of sp³-hybridized carbons (Fsp3) is 0.391. The molecule has 0 spiro atoms. The van der Waals surface area contributed by atoms with Crippen LogP contribution >= 0.6 is 11.6 Å². The molecule has 2 aromatic carbocycles. The van der Waals surface area contributed by atoms with Crippen molar-refractivity contribution < 1.29 is 9.59 Å². The van der Waals surface area contributed by atoms with Gasteiger partial charge in [0.2, 0.25) is 0 Å². The molecule has 1 aliphatic rings. The van der Waals surface area contributed by atoms with Crippen molar-refractivity contribution in [1.82, 2.24) is 15.1 Å². The Morgan fingerprint density at radius 2 is 1.67 bits per heavy atom. The van der Waals surface area contributed by atoms with Gasteiger partial charge in [0.15, 0.2) is 0 Å². The van der Waals surface area contributed by atoms with Crippen LogP contribution in [0, 0.1) is 13.8 Å². The number of piperazine rings is 1. The summed E-state index contributed by atoms with van der Waals surface area (Å²) in [6, 6.07) is 13.5. The average Bonchev–Trinajstić information content (AvgIpc) is 2.73. The van der Waals surface area contributed by atoms with E-state index >= 15 is 0 Å². The molecule has 0 aromatic heterocycles. The maximum atomic E-state index is 12.4. The average molecular weight is 429 g/mol. The van der Waals surface area contributed by atoms with Crippen molar-refractivity contribution in [3.8, 4) is 0 Å². The second-order valence-electron chi connectivity index (χ2n) is 7.89. The molecule has 0 saturated carbocycles. The van der Waals surface area contributed by atoms with Crippen molar-refractivity contribution >= 4 is 29.1 Å². The monoisotopic (exact) mass is 428 g/mol. The fourth-order valence-electron chi connectivity index (χ4n) is 3.51. The minimum Gasteiger partial charge on any atom is -0.346 e. The number of halogens is 1. The van der Waals surface area contributed by atoms with Gasteiger partial charge in [-0.15, -0.1) is 0 Å². The van der Waals surface area contributed by atoms with Gasteiger partial charge in [-0.05, 0) is 44.2 Å². The molecule has 1 saturated heterocycles. The maximum Gasteiger partial charge on any atom is 0.313 e. The highest BCUT2D eigenvalue weighted by Gasteiger charge is 2.25. The first-order valence-electron chi connectivity index (χ1n) is 10.2. The van der Waals surface area contributed by atoms with Crippen LogP contribution in [-0.2, 0) is 9.59 Å². The minimum absolute atomic E-state index is 0.0184. The van der Waals surface area contributed by atoms with Gasteiger partial charge in [0, 0.05) is 43.4 Å². The van der Waals surface area contributed by atoms with Crippen LogP contribution in [0.1, 0.15) is 22.7 Å². The lowest BCUT2D eigenvalue weighted by molar-refractivity contribution is -0.136. The van der Waals surface area contributed by atoms with E-state index in [1.54, 1.807) is 18.2 Å². The zero-order valence-electron chi connectivity index (χ0n) is 17.7. The molecule has 1 aliphatic heterocycles. The Kier molecular flexibility index (Phi) is 7.48. The lowest BCUT2D eigenvalue weighted by Crippen LogP contribution is -2.49. The molecular formula is C23H29ClN4O2. The molecule has 0 unspecified atom stereocenters. The Morgan fingerprint density at radius 3 is 2.30 bits per heavy atom. The Labute approximate surface area is 183 Å². The summed E-state index contributed by atoms with van der Waals surface area (Å²) >= 11 is 6.09. The lowest BCUT2D eigenvalue weighted by Gasteiger charge is -2.38. The van der Waals surface area contributed by atoms with Crippen LogP contribution in [0.2, 0.25) is 5.02 Å². The third-order valence-electron chi connectivity index (χ3n) is 5.53. The Balaban J connectivity index is 1.65. The molecule has 0 aliphatic carbocycles. The topological polar surface area (TPSA) is 64.7 Å². The third kappa shape index (κ3) is 5.81. The second-order valence-corrected chi connectivity index (χ2v) is 8.30. The Morgan fingerprint density at radius 1 is 1.00 bits per heavy atom. The van der Waals surface area contributed by atoms with Crippen molar-refractivity contribution in [2.75, 3.05) is 45.1 Å². The predicted octanol–water partition coefficient (Wildman–Crippen LogP) is 3.00. The molecule has 2 aromatic rings. The maximum absolute atomic E-state index is 12.4. The van der Waals surface area contributed by atoms with Crippen molar-refractivity contribution in [1.29, 1.82) is 0 Å². The second kappa shape index (κ2) is 10.1. The normalized spacial score (nSPS) is 16.1. The quantitative estimate of drug-likeness (QED) is 0.718. The lowest BCUT2D eigenvalue weighted by atomic mass is 10.0. The summed E-state index contributed by atoms with van der Waals surface area (Å²) in [5.41, 5.74) is 3.74. The molecule has 0 bridgehead atoms. The van der Waals surface area contributed by atoms with Gasteiger partial charge in [0.1, 0.15) is 0 Å². The molecule has 0 radical (unpaired) electrons. The van der Waals surface area contributed by atoms with Gasteiger partial charge in [-0.3, -0.25) is 14.5 Å². The van der Waals surface area contributed by atoms with Crippen molar-refractivity contribution in [2.24, 2.45) is 0 Å². The summed E-state index contributed by atoms with van der Waals surface area (Å²) in [5, 5.41) is 5.97. The first-order chi connectivity index (χ1) is 14.3. The number of hydrogen-bond acceptors (Lipinski definition) is 4. The van der Waals surface area contributed by atoms with E-state index in [9.17, 15) is 9.59 Å². The summed E-state index contributed by atoms with van der Waals surface area (Å²) < 4.78 is 0. The number of carbonyl (C=O) groups excluding carboxylic acids is 2. The number of carbonyl (C=O) groups is 2. The van der Waals surface area contributed by atoms with E-state index in [1.165, 1.54) is 5.56 Å². The zero-order chi connectivity index (χ0) is 21.7. The van der Waals surface area contributed by atoms with Crippen LogP contribution in [-0.4, -0.2) is 61.4 Å². The molecule has 1 fully saturated rings. The van der Waals surface area contributed by atoms with Crippen molar-refractivity contribution in [2.45, 2.75) is 19.9 Å². The van der Waals surface area contributed by atoms with Crippen LogP contribution in [0.3, 0.4) is 0 Å². The highest BCUT2D eigenvalue weighted by atomic mass is 35.5. The fourth-order valence-corrected chi connectivity index (χ4v) is 3.69. The van der Waals surface area contributed by atoms with Crippen LogP contribution in [0.4, 0.5) is 5.69 Å². The molecule has 160 valence electrons. The number of hydrogen-bond donors (Lipinski definition) is 2. The Hall–Kier alpha value is -2.41. The molecule has 1 heterocycles. The predicted molar refractivity (Wildman–Crippen MR) is 121 cm³/mol. The third-order valence-corrected chi connectivity index (χ3v) is 5.94. The number of anilines is 1. The molecule has 6 nitrogen and oxygen atoms in total. The highest BCUT2D eigenvalue weighted by molar-refractivity contribution is 6.39. The number of likely N-dealkylation sites (N-methyl/N-ethyl adjacent to an activating group) is 1. The van der Waals surface area contributed by atoms with Crippen molar-refractivity contribution in [3.05, 3.63) is 64.2 Å². The van der Waals surface area contributed by atoms with Gasteiger partial charge >= 0.3 is 11.8 Å². The van der Waals surface area contributed by atoms with Crippen molar-refractivity contribution in [3.63, 3.8) is 0 Å². The van der Waals surface area contributed by atoms with Gasteiger partial charge in [-0.1, -0.05) is 47.5 Å². The van der Waals surface area contributed by atoms with Gasteiger partial charge in [0.05, 0.1) is 6.04 Å².